The van der Waals surface area contributed by atoms with Crippen LogP contribution in [0.15, 0.2) is 54.1 Å². The number of aryl methyl sites for hydroxylation is 1. The fourth-order valence-corrected chi connectivity index (χ4v) is 3.37. The molecule has 3 rings (SSSR count). The van der Waals surface area contributed by atoms with Crippen LogP contribution in [-0.2, 0) is 14.4 Å². The first-order valence-electron chi connectivity index (χ1n) is 9.12. The summed E-state index contributed by atoms with van der Waals surface area (Å²) in [4.78, 5) is 37.5. The molecule has 0 saturated carbocycles. The minimum absolute atomic E-state index is 0.0175. The number of amides is 1. The van der Waals surface area contributed by atoms with Gasteiger partial charge in [-0.25, -0.2) is 4.39 Å². The van der Waals surface area contributed by atoms with E-state index in [1.54, 1.807) is 24.3 Å². The van der Waals surface area contributed by atoms with Gasteiger partial charge in [0.2, 0.25) is 0 Å². The van der Waals surface area contributed by atoms with Crippen LogP contribution in [0.1, 0.15) is 35.6 Å². The molecule has 0 radical (unpaired) electrons. The van der Waals surface area contributed by atoms with Gasteiger partial charge in [-0.3, -0.25) is 14.4 Å². The van der Waals surface area contributed by atoms with E-state index >= 15 is 0 Å². The number of benzene rings is 2. The summed E-state index contributed by atoms with van der Waals surface area (Å²) in [6.07, 6.45) is -0.0261. The number of hydrogen-bond donors (Lipinski definition) is 2. The van der Waals surface area contributed by atoms with Crippen molar-refractivity contribution < 1.29 is 29.0 Å². The molecule has 1 saturated heterocycles. The zero-order valence-corrected chi connectivity index (χ0v) is 15.8. The van der Waals surface area contributed by atoms with Gasteiger partial charge < -0.3 is 15.1 Å². The quantitative estimate of drug-likeness (QED) is 0.442. The number of carbonyl (C=O) groups excluding carboxylic acids is 2. The Hall–Kier alpha value is -3.48. The maximum absolute atomic E-state index is 13.4. The number of carbonyl (C=O) groups is 3. The minimum Gasteiger partial charge on any atom is -0.507 e. The molecule has 1 aliphatic rings. The Morgan fingerprint density at radius 3 is 2.24 bits per heavy atom. The Bertz CT molecular complexity index is 979. The molecule has 29 heavy (non-hydrogen) atoms. The lowest BCUT2D eigenvalue weighted by atomic mass is 9.95. The third-order valence-corrected chi connectivity index (χ3v) is 4.84. The first-order chi connectivity index (χ1) is 13.8. The number of aliphatic carboxylic acids is 1. The van der Waals surface area contributed by atoms with Crippen LogP contribution < -0.4 is 0 Å². The van der Waals surface area contributed by atoms with Gasteiger partial charge in [-0.1, -0.05) is 42.0 Å². The van der Waals surface area contributed by atoms with E-state index in [-0.39, 0.29) is 30.7 Å². The number of ketones is 1. The molecule has 1 heterocycles. The third kappa shape index (κ3) is 4.18. The highest BCUT2D eigenvalue weighted by Gasteiger charge is 2.45. The van der Waals surface area contributed by atoms with Crippen LogP contribution >= 0.6 is 0 Å². The van der Waals surface area contributed by atoms with E-state index in [0.29, 0.717) is 11.1 Å². The molecule has 1 amide bonds. The second-order valence-electron chi connectivity index (χ2n) is 6.91. The zero-order chi connectivity index (χ0) is 21.1. The summed E-state index contributed by atoms with van der Waals surface area (Å²) >= 11 is 0. The zero-order valence-electron chi connectivity index (χ0n) is 15.8. The largest absolute Gasteiger partial charge is 0.507 e. The van der Waals surface area contributed by atoms with E-state index in [1.807, 2.05) is 6.92 Å². The van der Waals surface area contributed by atoms with Gasteiger partial charge in [0.15, 0.2) is 0 Å². The summed E-state index contributed by atoms with van der Waals surface area (Å²) in [5, 5.41) is 19.7. The van der Waals surface area contributed by atoms with Gasteiger partial charge in [0, 0.05) is 18.5 Å². The fraction of sp³-hybridized carbons (Fsp3) is 0.227. The molecule has 150 valence electrons. The van der Waals surface area contributed by atoms with Crippen LogP contribution in [0, 0.1) is 12.7 Å². The summed E-state index contributed by atoms with van der Waals surface area (Å²) in [5.41, 5.74) is 1.70. The Labute approximate surface area is 166 Å². The molecule has 2 aromatic carbocycles. The standard InChI is InChI=1S/C22H20FNO5/c1-13-4-6-15(7-5-13)20(27)18-19(14-8-10-16(23)11-9-14)24(22(29)21(18)28)12-2-3-17(25)26/h4-11,19,27H,2-3,12H2,1H3,(H,25,26)/t19-/m1/s1. The van der Waals surface area contributed by atoms with E-state index in [4.69, 9.17) is 5.11 Å². The molecular weight excluding hydrogens is 377 g/mol. The van der Waals surface area contributed by atoms with Crippen LogP contribution in [0.25, 0.3) is 5.76 Å². The van der Waals surface area contributed by atoms with Crippen molar-refractivity contribution in [3.63, 3.8) is 0 Å². The predicted molar refractivity (Wildman–Crippen MR) is 103 cm³/mol. The van der Waals surface area contributed by atoms with Gasteiger partial charge in [-0.15, -0.1) is 0 Å². The van der Waals surface area contributed by atoms with Gasteiger partial charge in [0.25, 0.3) is 11.7 Å². The van der Waals surface area contributed by atoms with E-state index in [0.717, 1.165) is 5.56 Å². The van der Waals surface area contributed by atoms with Crippen molar-refractivity contribution in [1.82, 2.24) is 4.90 Å². The number of aliphatic hydroxyl groups excluding tert-OH is 1. The van der Waals surface area contributed by atoms with Crippen molar-refractivity contribution >= 4 is 23.4 Å². The molecule has 0 spiro atoms. The molecule has 7 heteroatoms. The van der Waals surface area contributed by atoms with Crippen LogP contribution in [-0.4, -0.2) is 39.3 Å². The topological polar surface area (TPSA) is 94.9 Å². The molecule has 0 aromatic heterocycles. The molecule has 0 bridgehead atoms. The van der Waals surface area contributed by atoms with Crippen molar-refractivity contribution in [2.45, 2.75) is 25.8 Å². The Balaban J connectivity index is 2.08. The van der Waals surface area contributed by atoms with Gasteiger partial charge in [0.1, 0.15) is 11.6 Å². The lowest BCUT2D eigenvalue weighted by molar-refractivity contribution is -0.140. The van der Waals surface area contributed by atoms with Crippen molar-refractivity contribution in [3.8, 4) is 0 Å². The highest BCUT2D eigenvalue weighted by atomic mass is 19.1. The highest BCUT2D eigenvalue weighted by Crippen LogP contribution is 2.39. The van der Waals surface area contributed by atoms with E-state index in [9.17, 15) is 23.9 Å². The van der Waals surface area contributed by atoms with Crippen molar-refractivity contribution in [2.24, 2.45) is 0 Å². The van der Waals surface area contributed by atoms with Crippen LogP contribution in [0.3, 0.4) is 0 Å². The minimum atomic E-state index is -1.01. The number of rotatable bonds is 6. The number of Topliss-reactive ketones (excluding diaryl/α,β-unsaturated/α-hetero) is 1. The molecule has 1 fully saturated rings. The number of nitrogens with zero attached hydrogens (tertiary/aromatic N) is 1. The smallest absolute Gasteiger partial charge is 0.303 e. The Kier molecular flexibility index (Phi) is 5.77. The molecule has 2 aromatic rings. The second kappa shape index (κ2) is 8.26. The first kappa shape index (κ1) is 20.3. The Morgan fingerprint density at radius 1 is 1.03 bits per heavy atom. The van der Waals surface area contributed by atoms with Gasteiger partial charge >= 0.3 is 5.97 Å². The summed E-state index contributed by atoms with van der Waals surface area (Å²) in [6, 6.07) is 11.2. The SMILES string of the molecule is Cc1ccc(C(O)=C2C(=O)C(=O)N(CCCC(=O)O)[C@@H]2c2ccc(F)cc2)cc1. The molecule has 2 N–H and O–H groups in total. The second-order valence-corrected chi connectivity index (χ2v) is 6.91. The third-order valence-electron chi connectivity index (χ3n) is 4.84. The molecule has 0 aliphatic carbocycles. The molecular formula is C22H20FNO5. The highest BCUT2D eigenvalue weighted by molar-refractivity contribution is 6.46. The molecule has 1 atom stereocenters. The number of carboxylic acids is 1. The lowest BCUT2D eigenvalue weighted by Gasteiger charge is -2.25. The fourth-order valence-electron chi connectivity index (χ4n) is 3.37. The number of aliphatic hydroxyl groups is 1. The predicted octanol–water partition coefficient (Wildman–Crippen LogP) is 3.42. The number of halogens is 1. The first-order valence-corrected chi connectivity index (χ1v) is 9.12. The number of carboxylic acid groups (broad SMARTS) is 1. The van der Waals surface area contributed by atoms with Gasteiger partial charge in [-0.2, -0.15) is 0 Å². The monoisotopic (exact) mass is 397 g/mol. The van der Waals surface area contributed by atoms with Crippen molar-refractivity contribution in [2.75, 3.05) is 6.54 Å². The normalized spacial score (nSPS) is 18.3. The van der Waals surface area contributed by atoms with Crippen molar-refractivity contribution in [1.29, 1.82) is 0 Å². The molecule has 1 aliphatic heterocycles. The van der Waals surface area contributed by atoms with Gasteiger partial charge in [-0.05, 0) is 31.0 Å². The summed E-state index contributed by atoms with van der Waals surface area (Å²) in [5.74, 6) is -3.49. The molecule has 0 unspecified atom stereocenters. The van der Waals surface area contributed by atoms with Crippen LogP contribution in [0.4, 0.5) is 4.39 Å². The van der Waals surface area contributed by atoms with Crippen LogP contribution in [0.2, 0.25) is 0 Å². The lowest BCUT2D eigenvalue weighted by Crippen LogP contribution is -2.31. The average molecular weight is 397 g/mol. The number of likely N-dealkylation sites (tertiary alicyclic amines) is 1. The van der Waals surface area contributed by atoms with Crippen molar-refractivity contribution in [3.05, 3.63) is 76.6 Å². The number of hydrogen-bond acceptors (Lipinski definition) is 4. The molecule has 6 nitrogen and oxygen atoms in total. The summed E-state index contributed by atoms with van der Waals surface area (Å²) in [6.45, 7) is 1.90. The Morgan fingerprint density at radius 2 is 1.66 bits per heavy atom. The van der Waals surface area contributed by atoms with E-state index in [1.165, 1.54) is 29.2 Å². The average Bonchev–Trinajstić information content (AvgIpc) is 2.93. The maximum atomic E-state index is 13.4. The summed E-state index contributed by atoms with van der Waals surface area (Å²) < 4.78 is 13.4. The summed E-state index contributed by atoms with van der Waals surface area (Å²) in [7, 11) is 0. The van der Waals surface area contributed by atoms with E-state index in [2.05, 4.69) is 0 Å². The van der Waals surface area contributed by atoms with E-state index < -0.39 is 29.5 Å². The van der Waals surface area contributed by atoms with Crippen LogP contribution in [0.5, 0.6) is 0 Å². The maximum Gasteiger partial charge on any atom is 0.303 e. The van der Waals surface area contributed by atoms with Gasteiger partial charge in [0.05, 0.1) is 11.6 Å².